The van der Waals surface area contributed by atoms with Crippen molar-refractivity contribution in [1.82, 2.24) is 15.5 Å². The average molecular weight is 359 g/mol. The maximum atomic E-state index is 13.8. The summed E-state index contributed by atoms with van der Waals surface area (Å²) in [4.78, 5) is 28.4. The molecule has 2 fully saturated rings. The molecule has 1 spiro atoms. The number of halogens is 1. The largest absolute Gasteiger partial charge is 0.458 e. The predicted molar refractivity (Wildman–Crippen MR) is 86.9 cm³/mol. The van der Waals surface area contributed by atoms with Crippen molar-refractivity contribution in [2.75, 3.05) is 0 Å². The zero-order chi connectivity index (χ0) is 18.1. The van der Waals surface area contributed by atoms with Crippen LogP contribution in [0.2, 0.25) is 0 Å². The second kappa shape index (κ2) is 6.51. The van der Waals surface area contributed by atoms with Gasteiger partial charge in [-0.3, -0.25) is 9.59 Å². The molecule has 1 saturated carbocycles. The maximum Gasteiger partial charge on any atom is 0.307 e. The van der Waals surface area contributed by atoms with Gasteiger partial charge >= 0.3 is 5.97 Å². The van der Waals surface area contributed by atoms with Crippen molar-refractivity contribution in [3.05, 3.63) is 36.0 Å². The van der Waals surface area contributed by atoms with E-state index in [1.807, 2.05) is 0 Å². The molecular formula is C18H18FN3O4. The van der Waals surface area contributed by atoms with Crippen LogP contribution in [-0.2, 0) is 20.9 Å². The molecule has 1 N–H and O–H groups in total. The molecule has 1 amide bonds. The Balaban J connectivity index is 1.42. The van der Waals surface area contributed by atoms with Gasteiger partial charge in [-0.25, -0.2) is 4.39 Å². The number of hydrogen-bond donors (Lipinski definition) is 1. The van der Waals surface area contributed by atoms with Crippen molar-refractivity contribution in [3.8, 4) is 11.4 Å². The van der Waals surface area contributed by atoms with Crippen molar-refractivity contribution in [2.24, 2.45) is 5.92 Å². The minimum Gasteiger partial charge on any atom is -0.458 e. The van der Waals surface area contributed by atoms with Crippen molar-refractivity contribution in [1.29, 1.82) is 0 Å². The fourth-order valence-corrected chi connectivity index (χ4v) is 3.81. The summed E-state index contributed by atoms with van der Waals surface area (Å²) in [6, 6.07) is 6.11. The Labute approximate surface area is 148 Å². The number of ether oxygens (including phenoxy) is 1. The Hall–Kier alpha value is -2.77. The van der Waals surface area contributed by atoms with E-state index in [0.29, 0.717) is 0 Å². The first kappa shape index (κ1) is 16.7. The third-order valence-corrected chi connectivity index (χ3v) is 5.09. The first-order valence-corrected chi connectivity index (χ1v) is 8.64. The number of amides is 1. The summed E-state index contributed by atoms with van der Waals surface area (Å²) >= 11 is 0. The van der Waals surface area contributed by atoms with Gasteiger partial charge in [-0.15, -0.1) is 0 Å². The van der Waals surface area contributed by atoms with Crippen LogP contribution in [-0.4, -0.2) is 27.6 Å². The first-order chi connectivity index (χ1) is 12.6. The number of rotatable bonds is 4. The van der Waals surface area contributed by atoms with Gasteiger partial charge in [0.2, 0.25) is 17.6 Å². The van der Waals surface area contributed by atoms with Crippen LogP contribution in [0.4, 0.5) is 4.39 Å². The fraction of sp³-hybridized carbons (Fsp3) is 0.444. The highest BCUT2D eigenvalue weighted by Crippen LogP contribution is 2.45. The lowest BCUT2D eigenvalue weighted by Gasteiger charge is -2.27. The molecule has 2 aromatic rings. The summed E-state index contributed by atoms with van der Waals surface area (Å²) in [7, 11) is 0. The van der Waals surface area contributed by atoms with Crippen LogP contribution < -0.4 is 5.32 Å². The quantitative estimate of drug-likeness (QED) is 0.842. The van der Waals surface area contributed by atoms with Gasteiger partial charge in [-0.1, -0.05) is 17.3 Å². The van der Waals surface area contributed by atoms with Gasteiger partial charge in [-0.2, -0.15) is 4.98 Å². The van der Waals surface area contributed by atoms with Crippen LogP contribution in [0.1, 0.15) is 38.0 Å². The lowest BCUT2D eigenvalue weighted by Crippen LogP contribution is -2.42. The van der Waals surface area contributed by atoms with Crippen molar-refractivity contribution in [3.63, 3.8) is 0 Å². The summed E-state index contributed by atoms with van der Waals surface area (Å²) in [6.07, 6.45) is 3.43. The molecular weight excluding hydrogens is 341 g/mol. The van der Waals surface area contributed by atoms with E-state index >= 15 is 0 Å². The number of nitrogens with one attached hydrogen (secondary N) is 1. The topological polar surface area (TPSA) is 94.3 Å². The lowest BCUT2D eigenvalue weighted by molar-refractivity contribution is -0.150. The lowest BCUT2D eigenvalue weighted by atomic mass is 9.85. The first-order valence-electron chi connectivity index (χ1n) is 8.64. The summed E-state index contributed by atoms with van der Waals surface area (Å²) in [5.74, 6) is -1.24. The highest BCUT2D eigenvalue weighted by molar-refractivity contribution is 5.87. The highest BCUT2D eigenvalue weighted by atomic mass is 19.1. The van der Waals surface area contributed by atoms with Gasteiger partial charge < -0.3 is 14.6 Å². The minimum absolute atomic E-state index is 0.0149. The monoisotopic (exact) mass is 359 g/mol. The van der Waals surface area contributed by atoms with Gasteiger partial charge in [0.15, 0.2) is 0 Å². The number of carbonyl (C=O) groups excluding carboxylic acids is 2. The molecule has 1 aliphatic carbocycles. The number of aromatic nitrogens is 2. The average Bonchev–Trinajstić information content (AvgIpc) is 3.34. The SMILES string of the molecule is O=C1CC(C(=O)NCc2nc(-c3ccccc3F)no2)C2(CCCC2)O1. The van der Waals surface area contributed by atoms with E-state index in [0.717, 1.165) is 25.7 Å². The Morgan fingerprint density at radius 1 is 1.31 bits per heavy atom. The molecule has 2 heterocycles. The molecule has 8 heteroatoms. The Bertz CT molecular complexity index is 844. The van der Waals surface area contributed by atoms with E-state index in [2.05, 4.69) is 15.5 Å². The standard InChI is InChI=1S/C18H18FN3O4/c19-13-6-2-1-5-11(13)16-21-14(26-22-16)10-20-17(24)12-9-15(23)25-18(12)7-3-4-8-18/h1-2,5-6,12H,3-4,7-10H2,(H,20,24). The van der Waals surface area contributed by atoms with Gasteiger partial charge in [0.05, 0.1) is 24.4 Å². The fourth-order valence-electron chi connectivity index (χ4n) is 3.81. The number of esters is 1. The molecule has 1 saturated heterocycles. The van der Waals surface area contributed by atoms with Crippen LogP contribution in [0.5, 0.6) is 0 Å². The Kier molecular flexibility index (Phi) is 4.18. The molecule has 1 aromatic heterocycles. The van der Waals surface area contributed by atoms with Gasteiger partial charge in [0, 0.05) is 0 Å². The second-order valence-corrected chi connectivity index (χ2v) is 6.71. The van der Waals surface area contributed by atoms with E-state index < -0.39 is 17.3 Å². The molecule has 4 rings (SSSR count). The van der Waals surface area contributed by atoms with Crippen LogP contribution >= 0.6 is 0 Å². The van der Waals surface area contributed by atoms with E-state index in [1.165, 1.54) is 6.07 Å². The number of carbonyl (C=O) groups is 2. The summed E-state index contributed by atoms with van der Waals surface area (Å²) < 4.78 is 24.3. The molecule has 1 aliphatic heterocycles. The summed E-state index contributed by atoms with van der Waals surface area (Å²) in [5.41, 5.74) is -0.428. The molecule has 0 radical (unpaired) electrons. The van der Waals surface area contributed by atoms with Crippen LogP contribution in [0.3, 0.4) is 0 Å². The normalized spacial score (nSPS) is 21.1. The van der Waals surface area contributed by atoms with Gasteiger partial charge in [-0.05, 0) is 37.8 Å². The molecule has 7 nitrogen and oxygen atoms in total. The molecule has 1 unspecified atom stereocenters. The van der Waals surface area contributed by atoms with Crippen molar-refractivity contribution < 1.29 is 23.2 Å². The maximum absolute atomic E-state index is 13.8. The van der Waals surface area contributed by atoms with Gasteiger partial charge in [0.25, 0.3) is 0 Å². The molecule has 0 bridgehead atoms. The van der Waals surface area contributed by atoms with Crippen LogP contribution in [0.25, 0.3) is 11.4 Å². The number of nitrogens with zero attached hydrogens (tertiary/aromatic N) is 2. The second-order valence-electron chi connectivity index (χ2n) is 6.71. The van der Waals surface area contributed by atoms with E-state index in [1.54, 1.807) is 18.2 Å². The van der Waals surface area contributed by atoms with Crippen molar-refractivity contribution >= 4 is 11.9 Å². The number of benzene rings is 1. The van der Waals surface area contributed by atoms with E-state index in [-0.39, 0.29) is 42.1 Å². The summed E-state index contributed by atoms with van der Waals surface area (Å²) in [6.45, 7) is 0.0149. The predicted octanol–water partition coefficient (Wildman–Crippen LogP) is 2.37. The molecule has 1 aromatic carbocycles. The highest BCUT2D eigenvalue weighted by Gasteiger charge is 2.53. The van der Waals surface area contributed by atoms with Crippen LogP contribution in [0.15, 0.2) is 28.8 Å². The minimum atomic E-state index is -0.658. The van der Waals surface area contributed by atoms with Crippen molar-refractivity contribution in [2.45, 2.75) is 44.2 Å². The van der Waals surface area contributed by atoms with E-state index in [9.17, 15) is 14.0 Å². The Morgan fingerprint density at radius 2 is 2.08 bits per heavy atom. The molecule has 136 valence electrons. The van der Waals surface area contributed by atoms with E-state index in [4.69, 9.17) is 9.26 Å². The molecule has 26 heavy (non-hydrogen) atoms. The molecule has 1 atom stereocenters. The smallest absolute Gasteiger partial charge is 0.307 e. The third kappa shape index (κ3) is 2.95. The Morgan fingerprint density at radius 3 is 2.85 bits per heavy atom. The summed E-state index contributed by atoms with van der Waals surface area (Å²) in [5, 5.41) is 6.48. The number of hydrogen-bond acceptors (Lipinski definition) is 6. The third-order valence-electron chi connectivity index (χ3n) is 5.09. The van der Waals surface area contributed by atoms with Crippen LogP contribution in [0, 0.1) is 11.7 Å². The van der Waals surface area contributed by atoms with Gasteiger partial charge in [0.1, 0.15) is 11.4 Å². The zero-order valence-corrected chi connectivity index (χ0v) is 14.0. The molecule has 2 aliphatic rings. The zero-order valence-electron chi connectivity index (χ0n) is 14.0.